The van der Waals surface area contributed by atoms with E-state index in [1.807, 2.05) is 35.2 Å². The number of carbonyl (C=O) groups excluding carboxylic acids is 1. The molecule has 0 radical (unpaired) electrons. The van der Waals surface area contributed by atoms with Gasteiger partial charge in [-0.2, -0.15) is 0 Å². The van der Waals surface area contributed by atoms with Crippen LogP contribution in [0.3, 0.4) is 0 Å². The third-order valence-corrected chi connectivity index (χ3v) is 3.46. The summed E-state index contributed by atoms with van der Waals surface area (Å²) in [6, 6.07) is 14.0. The van der Waals surface area contributed by atoms with Gasteiger partial charge in [-0.15, -0.1) is 0 Å². The lowest BCUT2D eigenvalue weighted by Gasteiger charge is -2.18. The molecule has 2 aromatic carbocycles. The smallest absolute Gasteiger partial charge is 0.258 e. The van der Waals surface area contributed by atoms with E-state index < -0.39 is 0 Å². The van der Waals surface area contributed by atoms with Crippen LogP contribution >= 0.6 is 0 Å². The van der Waals surface area contributed by atoms with E-state index in [9.17, 15) is 4.79 Å². The lowest BCUT2D eigenvalue weighted by Crippen LogP contribution is -2.23. The Balaban J connectivity index is 2.04. The van der Waals surface area contributed by atoms with Gasteiger partial charge in [0.2, 0.25) is 0 Å². The molecule has 90 valence electrons. The zero-order valence-corrected chi connectivity index (χ0v) is 10.6. The maximum atomic E-state index is 12.4. The van der Waals surface area contributed by atoms with E-state index in [2.05, 4.69) is 26.0 Å². The molecule has 0 bridgehead atoms. The Morgan fingerprint density at radius 1 is 1.06 bits per heavy atom. The van der Waals surface area contributed by atoms with Gasteiger partial charge in [0.1, 0.15) is 0 Å². The van der Waals surface area contributed by atoms with Crippen LogP contribution in [0, 0.1) is 13.8 Å². The highest BCUT2D eigenvalue weighted by molar-refractivity contribution is 6.10. The van der Waals surface area contributed by atoms with Crippen molar-refractivity contribution in [1.82, 2.24) is 0 Å². The molecule has 0 aliphatic carbocycles. The van der Waals surface area contributed by atoms with Gasteiger partial charge in [0, 0.05) is 11.3 Å². The van der Waals surface area contributed by atoms with E-state index in [0.717, 1.165) is 22.4 Å². The number of benzene rings is 2. The SMILES string of the molecule is Cc1ccc(N2Cc3ccccc3C2=O)c(C)c1. The van der Waals surface area contributed by atoms with Crippen molar-refractivity contribution in [3.63, 3.8) is 0 Å². The number of nitrogens with zero attached hydrogens (tertiary/aromatic N) is 1. The largest absolute Gasteiger partial charge is 0.304 e. The molecule has 0 aromatic heterocycles. The predicted molar refractivity (Wildman–Crippen MR) is 72.9 cm³/mol. The molecule has 18 heavy (non-hydrogen) atoms. The highest BCUT2D eigenvalue weighted by atomic mass is 16.2. The van der Waals surface area contributed by atoms with Gasteiger partial charge in [-0.25, -0.2) is 0 Å². The average molecular weight is 237 g/mol. The molecule has 3 rings (SSSR count). The Morgan fingerprint density at radius 2 is 1.83 bits per heavy atom. The van der Waals surface area contributed by atoms with Crippen LogP contribution in [0.25, 0.3) is 0 Å². The zero-order chi connectivity index (χ0) is 12.7. The Bertz CT molecular complexity index is 631. The lowest BCUT2D eigenvalue weighted by atomic mass is 10.1. The second-order valence-electron chi connectivity index (χ2n) is 4.84. The zero-order valence-electron chi connectivity index (χ0n) is 10.6. The van der Waals surface area contributed by atoms with E-state index in [-0.39, 0.29) is 5.91 Å². The van der Waals surface area contributed by atoms with Crippen LogP contribution in [-0.4, -0.2) is 5.91 Å². The number of rotatable bonds is 1. The first kappa shape index (κ1) is 11.0. The van der Waals surface area contributed by atoms with Crippen molar-refractivity contribution < 1.29 is 4.79 Å². The van der Waals surface area contributed by atoms with E-state index in [0.29, 0.717) is 6.54 Å². The summed E-state index contributed by atoms with van der Waals surface area (Å²) < 4.78 is 0. The van der Waals surface area contributed by atoms with Crippen LogP contribution in [-0.2, 0) is 6.54 Å². The van der Waals surface area contributed by atoms with E-state index in [1.165, 1.54) is 5.56 Å². The Labute approximate surface area is 107 Å². The number of amides is 1. The molecule has 0 atom stereocenters. The highest BCUT2D eigenvalue weighted by Crippen LogP contribution is 2.30. The van der Waals surface area contributed by atoms with Crippen molar-refractivity contribution in [1.29, 1.82) is 0 Å². The fourth-order valence-electron chi connectivity index (χ4n) is 2.56. The van der Waals surface area contributed by atoms with Gasteiger partial charge in [0.15, 0.2) is 0 Å². The summed E-state index contributed by atoms with van der Waals surface area (Å²) in [5, 5.41) is 0. The monoisotopic (exact) mass is 237 g/mol. The molecule has 2 aromatic rings. The maximum Gasteiger partial charge on any atom is 0.258 e. The van der Waals surface area contributed by atoms with Gasteiger partial charge in [-0.1, -0.05) is 35.9 Å². The second kappa shape index (κ2) is 3.98. The number of hydrogen-bond donors (Lipinski definition) is 0. The third kappa shape index (κ3) is 1.61. The number of fused-ring (bicyclic) bond motifs is 1. The molecule has 1 aliphatic heterocycles. The topological polar surface area (TPSA) is 20.3 Å². The van der Waals surface area contributed by atoms with Gasteiger partial charge in [-0.05, 0) is 37.1 Å². The molecule has 1 aliphatic rings. The minimum Gasteiger partial charge on any atom is -0.304 e. The lowest BCUT2D eigenvalue weighted by molar-refractivity contribution is 0.0996. The summed E-state index contributed by atoms with van der Waals surface area (Å²) in [5.41, 5.74) is 5.33. The van der Waals surface area contributed by atoms with Crippen LogP contribution in [0.15, 0.2) is 42.5 Å². The first-order chi connectivity index (χ1) is 8.66. The van der Waals surface area contributed by atoms with Crippen LogP contribution in [0.2, 0.25) is 0 Å². The van der Waals surface area contributed by atoms with Crippen molar-refractivity contribution in [2.24, 2.45) is 0 Å². The molecular formula is C16H15NO. The van der Waals surface area contributed by atoms with Crippen molar-refractivity contribution in [3.8, 4) is 0 Å². The minimum absolute atomic E-state index is 0.109. The Kier molecular flexibility index (Phi) is 2.44. The standard InChI is InChI=1S/C16H15NO/c1-11-7-8-15(12(2)9-11)17-10-13-5-3-4-6-14(13)16(17)18/h3-9H,10H2,1-2H3. The number of aryl methyl sites for hydroxylation is 2. The number of hydrogen-bond acceptors (Lipinski definition) is 1. The van der Waals surface area contributed by atoms with E-state index >= 15 is 0 Å². The molecule has 0 fully saturated rings. The second-order valence-corrected chi connectivity index (χ2v) is 4.84. The Morgan fingerprint density at radius 3 is 2.56 bits per heavy atom. The molecule has 0 spiro atoms. The minimum atomic E-state index is 0.109. The highest BCUT2D eigenvalue weighted by Gasteiger charge is 2.28. The van der Waals surface area contributed by atoms with Crippen LogP contribution < -0.4 is 4.90 Å². The summed E-state index contributed by atoms with van der Waals surface area (Å²) in [5.74, 6) is 0.109. The van der Waals surface area contributed by atoms with Crippen molar-refractivity contribution in [3.05, 3.63) is 64.7 Å². The number of carbonyl (C=O) groups is 1. The third-order valence-electron chi connectivity index (χ3n) is 3.46. The molecule has 0 saturated heterocycles. The van der Waals surface area contributed by atoms with Crippen LogP contribution in [0.5, 0.6) is 0 Å². The fraction of sp³-hybridized carbons (Fsp3) is 0.188. The van der Waals surface area contributed by atoms with Crippen LogP contribution in [0.1, 0.15) is 27.0 Å². The van der Waals surface area contributed by atoms with Crippen molar-refractivity contribution in [2.75, 3.05) is 4.90 Å². The van der Waals surface area contributed by atoms with Gasteiger partial charge in [0.25, 0.3) is 5.91 Å². The quantitative estimate of drug-likeness (QED) is 0.743. The Hall–Kier alpha value is -2.09. The molecule has 2 nitrogen and oxygen atoms in total. The molecule has 1 heterocycles. The van der Waals surface area contributed by atoms with Gasteiger partial charge in [-0.3, -0.25) is 4.79 Å². The normalized spacial score (nSPS) is 13.9. The maximum absolute atomic E-state index is 12.4. The molecular weight excluding hydrogens is 222 g/mol. The molecule has 0 N–H and O–H groups in total. The molecule has 2 heteroatoms. The van der Waals surface area contributed by atoms with Crippen molar-refractivity contribution >= 4 is 11.6 Å². The first-order valence-corrected chi connectivity index (χ1v) is 6.14. The van der Waals surface area contributed by atoms with E-state index in [4.69, 9.17) is 0 Å². The predicted octanol–water partition coefficient (Wildman–Crippen LogP) is 3.46. The summed E-state index contributed by atoms with van der Waals surface area (Å²) in [4.78, 5) is 14.2. The molecule has 0 unspecified atom stereocenters. The van der Waals surface area contributed by atoms with Crippen molar-refractivity contribution in [2.45, 2.75) is 20.4 Å². The molecule has 0 saturated carbocycles. The van der Waals surface area contributed by atoms with Crippen LogP contribution in [0.4, 0.5) is 5.69 Å². The first-order valence-electron chi connectivity index (χ1n) is 6.14. The average Bonchev–Trinajstić information content (AvgIpc) is 2.68. The number of anilines is 1. The van der Waals surface area contributed by atoms with Gasteiger partial charge >= 0.3 is 0 Å². The van der Waals surface area contributed by atoms with Gasteiger partial charge < -0.3 is 4.90 Å². The summed E-state index contributed by atoms with van der Waals surface area (Å²) in [6.45, 7) is 4.80. The van der Waals surface area contributed by atoms with E-state index in [1.54, 1.807) is 0 Å². The molecule has 1 amide bonds. The van der Waals surface area contributed by atoms with Gasteiger partial charge in [0.05, 0.1) is 6.54 Å². The summed E-state index contributed by atoms with van der Waals surface area (Å²) in [7, 11) is 0. The summed E-state index contributed by atoms with van der Waals surface area (Å²) in [6.07, 6.45) is 0. The summed E-state index contributed by atoms with van der Waals surface area (Å²) >= 11 is 0. The fourth-order valence-corrected chi connectivity index (χ4v) is 2.56.